The summed E-state index contributed by atoms with van der Waals surface area (Å²) in [6.45, 7) is 0. The van der Waals surface area contributed by atoms with Crippen LogP contribution in [0.2, 0.25) is 0 Å². The molecule has 0 unspecified atom stereocenters. The van der Waals surface area contributed by atoms with Crippen molar-refractivity contribution in [1.82, 2.24) is 24.1 Å². The fourth-order valence-corrected chi connectivity index (χ4v) is 10.1. The highest BCUT2D eigenvalue weighted by Gasteiger charge is 2.20. The van der Waals surface area contributed by atoms with Crippen molar-refractivity contribution in [3.8, 4) is 67.8 Å². The van der Waals surface area contributed by atoms with Crippen LogP contribution in [0.4, 0.5) is 11.4 Å². The lowest BCUT2D eigenvalue weighted by Gasteiger charge is -2.14. The molecular formula is C64H43N7. The van der Waals surface area contributed by atoms with Gasteiger partial charge in [-0.2, -0.15) is 0 Å². The monoisotopic (exact) mass is 909 g/mol. The third kappa shape index (κ3) is 7.41. The van der Waals surface area contributed by atoms with E-state index in [1.807, 2.05) is 91.0 Å². The zero-order valence-electron chi connectivity index (χ0n) is 38.4. The number of fused-ring (bicyclic) bond motifs is 6. The number of benzene rings is 10. The number of anilines is 2. The second-order valence-electron chi connectivity index (χ2n) is 17.7. The first-order valence-corrected chi connectivity index (χ1v) is 23.8. The largest absolute Gasteiger partial charge is 0.355 e. The average molecular weight is 910 g/mol. The smallest absolute Gasteiger partial charge is 0.164 e. The first kappa shape index (κ1) is 41.5. The van der Waals surface area contributed by atoms with Crippen molar-refractivity contribution < 1.29 is 0 Å². The summed E-state index contributed by atoms with van der Waals surface area (Å²) < 4.78 is 4.68. The fourth-order valence-electron chi connectivity index (χ4n) is 10.1. The van der Waals surface area contributed by atoms with Gasteiger partial charge in [-0.3, -0.25) is 0 Å². The molecule has 3 heterocycles. The van der Waals surface area contributed by atoms with Crippen LogP contribution in [0.5, 0.6) is 0 Å². The molecule has 13 aromatic rings. The molecule has 0 spiro atoms. The van der Waals surface area contributed by atoms with Gasteiger partial charge < -0.3 is 19.9 Å². The van der Waals surface area contributed by atoms with Crippen LogP contribution >= 0.6 is 0 Å². The van der Waals surface area contributed by atoms with Gasteiger partial charge in [0.2, 0.25) is 0 Å². The van der Waals surface area contributed by atoms with Gasteiger partial charge in [-0.25, -0.2) is 15.0 Å². The van der Waals surface area contributed by atoms with Gasteiger partial charge in [-0.1, -0.05) is 170 Å². The van der Waals surface area contributed by atoms with Crippen LogP contribution in [0.15, 0.2) is 243 Å². The highest BCUT2D eigenvalue weighted by atomic mass is 15.0. The van der Waals surface area contributed by atoms with Crippen LogP contribution in [0.1, 0.15) is 5.56 Å². The third-order valence-corrected chi connectivity index (χ3v) is 13.5. The quantitative estimate of drug-likeness (QED) is 0.134. The number of hydrogen-bond acceptors (Lipinski definition) is 5. The SMILES string of the molecule is N=Cc1c(Nc2ccccc2)ccc2c3cc(-c4ccc5c6ccccc6n(-c6ccccc6)c5c4)ccc3n(-c3ccc(-c4cccc(-c5nc(-c6ccccc6)nc(-c6ccccc6)n5)c4)cc3)c12. The van der Waals surface area contributed by atoms with Crippen molar-refractivity contribution in [1.29, 1.82) is 5.41 Å². The Kier molecular flexibility index (Phi) is 10.2. The Labute approximate surface area is 410 Å². The molecule has 0 fully saturated rings. The molecule has 0 aliphatic rings. The normalized spacial score (nSPS) is 11.4. The number of hydrogen-bond donors (Lipinski definition) is 2. The maximum Gasteiger partial charge on any atom is 0.164 e. The lowest BCUT2D eigenvalue weighted by atomic mass is 10.0. The molecule has 0 atom stereocenters. The fraction of sp³-hybridized carbons (Fsp3) is 0. The standard InChI is InChI=1S/C64H43N7/c65-41-56-57(66-49-22-9-3-10-23-49)36-35-54-55-39-46(47-30-34-53-52-26-13-14-27-58(52)70(60(53)40-47)50-24-11-4-12-25-50)31-37-59(55)71(61(54)56)51-32-28-42(29-33-51)45-20-15-21-48(38-45)64-68-62(43-16-5-1-6-17-43)67-63(69-64)44-18-7-2-8-19-44/h1-41,65-66H. The molecule has 13 rings (SSSR count). The highest BCUT2D eigenvalue weighted by Crippen LogP contribution is 2.41. The summed E-state index contributed by atoms with van der Waals surface area (Å²) in [7, 11) is 0. The Hall–Kier alpha value is -9.72. The Morgan fingerprint density at radius 2 is 0.845 bits per heavy atom. The lowest BCUT2D eigenvalue weighted by molar-refractivity contribution is 1.07. The molecule has 2 N–H and O–H groups in total. The van der Waals surface area contributed by atoms with Crippen molar-refractivity contribution in [2.75, 3.05) is 5.32 Å². The molecule has 3 aromatic heterocycles. The number of nitrogens with one attached hydrogen (secondary N) is 2. The predicted molar refractivity (Wildman–Crippen MR) is 293 cm³/mol. The molecular weight excluding hydrogens is 867 g/mol. The second-order valence-corrected chi connectivity index (χ2v) is 17.7. The van der Waals surface area contributed by atoms with Gasteiger partial charge in [0.05, 0.1) is 22.1 Å². The molecule has 7 nitrogen and oxygen atoms in total. The van der Waals surface area contributed by atoms with Gasteiger partial charge in [0.25, 0.3) is 0 Å². The molecule has 0 aliphatic carbocycles. The molecule has 71 heavy (non-hydrogen) atoms. The topological polar surface area (TPSA) is 84.4 Å². The maximum atomic E-state index is 8.92. The van der Waals surface area contributed by atoms with Crippen molar-refractivity contribution in [3.63, 3.8) is 0 Å². The van der Waals surface area contributed by atoms with Crippen molar-refractivity contribution in [3.05, 3.63) is 248 Å². The van der Waals surface area contributed by atoms with E-state index < -0.39 is 0 Å². The molecule has 10 aromatic carbocycles. The van der Waals surface area contributed by atoms with E-state index >= 15 is 0 Å². The minimum atomic E-state index is 0.610. The van der Waals surface area contributed by atoms with Crippen LogP contribution in [0, 0.1) is 5.41 Å². The summed E-state index contributed by atoms with van der Waals surface area (Å²) in [5.41, 5.74) is 16.2. The van der Waals surface area contributed by atoms with E-state index in [9.17, 15) is 0 Å². The minimum Gasteiger partial charge on any atom is -0.355 e. The molecule has 0 saturated carbocycles. The Morgan fingerprint density at radius 1 is 0.338 bits per heavy atom. The van der Waals surface area contributed by atoms with E-state index in [1.165, 1.54) is 22.5 Å². The van der Waals surface area contributed by atoms with Gasteiger partial charge in [0.1, 0.15) is 0 Å². The third-order valence-electron chi connectivity index (χ3n) is 13.5. The average Bonchev–Trinajstić information content (AvgIpc) is 3.96. The molecule has 0 aliphatic heterocycles. The number of aromatic nitrogens is 5. The van der Waals surface area contributed by atoms with Crippen LogP contribution in [-0.4, -0.2) is 30.3 Å². The van der Waals surface area contributed by atoms with E-state index in [1.54, 1.807) is 0 Å². The number of para-hydroxylation sites is 3. The van der Waals surface area contributed by atoms with Gasteiger partial charge >= 0.3 is 0 Å². The van der Waals surface area contributed by atoms with E-state index in [0.29, 0.717) is 17.5 Å². The Morgan fingerprint density at radius 3 is 1.55 bits per heavy atom. The first-order valence-electron chi connectivity index (χ1n) is 23.8. The van der Waals surface area contributed by atoms with Gasteiger partial charge in [0.15, 0.2) is 17.5 Å². The van der Waals surface area contributed by atoms with E-state index in [0.717, 1.165) is 94.6 Å². The highest BCUT2D eigenvalue weighted by molar-refractivity contribution is 6.17. The zero-order chi connectivity index (χ0) is 47.3. The van der Waals surface area contributed by atoms with E-state index in [-0.39, 0.29) is 0 Å². The molecule has 7 heteroatoms. The van der Waals surface area contributed by atoms with Crippen molar-refractivity contribution in [2.45, 2.75) is 0 Å². The summed E-state index contributed by atoms with van der Waals surface area (Å²) in [4.78, 5) is 14.9. The molecule has 0 bridgehead atoms. The second kappa shape index (κ2) is 17.4. The van der Waals surface area contributed by atoms with E-state index in [2.05, 4.69) is 166 Å². The maximum absolute atomic E-state index is 8.92. The van der Waals surface area contributed by atoms with Gasteiger partial charge in [-0.05, 0) is 95.1 Å². The predicted octanol–water partition coefficient (Wildman–Crippen LogP) is 16.1. The van der Waals surface area contributed by atoms with Crippen LogP contribution in [-0.2, 0) is 0 Å². The summed E-state index contributed by atoms with van der Waals surface area (Å²) >= 11 is 0. The first-order chi connectivity index (χ1) is 35.1. The summed E-state index contributed by atoms with van der Waals surface area (Å²) in [6, 6.07) is 84.5. The summed E-state index contributed by atoms with van der Waals surface area (Å²) in [5.74, 6) is 1.86. The van der Waals surface area contributed by atoms with Crippen LogP contribution in [0.3, 0.4) is 0 Å². The number of rotatable bonds is 10. The molecule has 0 saturated heterocycles. The molecule has 0 radical (unpaired) electrons. The Balaban J connectivity index is 0.932. The molecule has 0 amide bonds. The Bertz CT molecular complexity index is 4070. The van der Waals surface area contributed by atoms with Gasteiger partial charge in [0, 0.05) is 72.8 Å². The molecule has 334 valence electrons. The van der Waals surface area contributed by atoms with E-state index in [4.69, 9.17) is 20.4 Å². The van der Waals surface area contributed by atoms with Crippen LogP contribution < -0.4 is 5.32 Å². The summed E-state index contributed by atoms with van der Waals surface area (Å²) in [5, 5.41) is 17.2. The van der Waals surface area contributed by atoms with Gasteiger partial charge in [-0.15, -0.1) is 0 Å². The van der Waals surface area contributed by atoms with Crippen molar-refractivity contribution in [2.24, 2.45) is 0 Å². The van der Waals surface area contributed by atoms with Crippen molar-refractivity contribution >= 4 is 61.2 Å². The minimum absolute atomic E-state index is 0.610. The lowest BCUT2D eigenvalue weighted by Crippen LogP contribution is -2.01. The van der Waals surface area contributed by atoms with Crippen LogP contribution in [0.25, 0.3) is 111 Å². The summed E-state index contributed by atoms with van der Waals surface area (Å²) in [6.07, 6.45) is 1.48. The number of nitrogens with zero attached hydrogens (tertiary/aromatic N) is 5. The zero-order valence-corrected chi connectivity index (χ0v) is 38.4.